The molecule has 1 unspecified atom stereocenters. The lowest BCUT2D eigenvalue weighted by molar-refractivity contribution is 0.222. The first-order chi connectivity index (χ1) is 7.70. The number of nitrogens with zero attached hydrogens (tertiary/aromatic N) is 2. The molecule has 1 aliphatic rings. The monoisotopic (exact) mass is 219 g/mol. The van der Waals surface area contributed by atoms with Crippen molar-refractivity contribution in [2.24, 2.45) is 0 Å². The second kappa shape index (κ2) is 4.19. The highest BCUT2D eigenvalue weighted by molar-refractivity contribution is 5.77. The summed E-state index contributed by atoms with van der Waals surface area (Å²) in [6.45, 7) is 0.452. The summed E-state index contributed by atoms with van der Waals surface area (Å²) in [5.41, 5.74) is 0.716. The summed E-state index contributed by atoms with van der Waals surface area (Å²) in [6.07, 6.45) is 0. The molecule has 4 nitrogen and oxygen atoms in total. The zero-order valence-corrected chi connectivity index (χ0v) is 8.48. The molecule has 1 aliphatic heterocycles. The summed E-state index contributed by atoms with van der Waals surface area (Å²) >= 11 is 0. The second-order valence-corrected chi connectivity index (χ2v) is 3.60. The molecule has 1 fully saturated rings. The Labute approximate surface area is 92.3 Å². The van der Waals surface area contributed by atoms with Crippen LogP contribution in [-0.2, 0) is 0 Å². The molecule has 1 aromatic rings. The van der Waals surface area contributed by atoms with Crippen LogP contribution in [0, 0.1) is 17.1 Å². The van der Waals surface area contributed by atoms with Crippen molar-refractivity contribution in [2.75, 3.05) is 13.1 Å². The number of halogens is 1. The first-order valence-corrected chi connectivity index (χ1v) is 4.88. The number of carbonyl (C=O) groups excluding carboxylic acids is 1. The van der Waals surface area contributed by atoms with Gasteiger partial charge in [0.15, 0.2) is 0 Å². The highest BCUT2D eigenvalue weighted by Crippen LogP contribution is 2.20. The van der Waals surface area contributed by atoms with Crippen molar-refractivity contribution in [1.29, 1.82) is 5.26 Å². The maximum Gasteiger partial charge on any atom is 0.318 e. The molecule has 0 radical (unpaired) electrons. The Hall–Kier alpha value is -2.09. The number of carbonyl (C=O) groups is 1. The summed E-state index contributed by atoms with van der Waals surface area (Å²) in [6, 6.07) is 7.49. The summed E-state index contributed by atoms with van der Waals surface area (Å²) in [5.74, 6) is -0.328. The average Bonchev–Trinajstić information content (AvgIpc) is 2.61. The van der Waals surface area contributed by atoms with Crippen LogP contribution in [0.3, 0.4) is 0 Å². The molecule has 2 rings (SSSR count). The van der Waals surface area contributed by atoms with Crippen molar-refractivity contribution in [3.63, 3.8) is 0 Å². The molecular weight excluding hydrogens is 209 g/mol. The van der Waals surface area contributed by atoms with Crippen molar-refractivity contribution in [2.45, 2.75) is 6.04 Å². The summed E-state index contributed by atoms with van der Waals surface area (Å²) in [7, 11) is 0. The molecule has 0 aromatic heterocycles. The van der Waals surface area contributed by atoms with Crippen LogP contribution in [0.25, 0.3) is 0 Å². The van der Waals surface area contributed by atoms with E-state index >= 15 is 0 Å². The Kier molecular flexibility index (Phi) is 2.73. The second-order valence-electron chi connectivity index (χ2n) is 3.60. The van der Waals surface area contributed by atoms with Crippen LogP contribution in [-0.4, -0.2) is 24.0 Å². The van der Waals surface area contributed by atoms with Gasteiger partial charge in [-0.15, -0.1) is 0 Å². The van der Waals surface area contributed by atoms with Gasteiger partial charge in [-0.25, -0.2) is 9.18 Å². The molecular formula is C11H10FN3O. The van der Waals surface area contributed by atoms with Gasteiger partial charge in [-0.1, -0.05) is 12.1 Å². The third-order valence-corrected chi connectivity index (χ3v) is 2.50. The highest BCUT2D eigenvalue weighted by atomic mass is 19.1. The first kappa shape index (κ1) is 10.4. The van der Waals surface area contributed by atoms with Gasteiger partial charge in [0.05, 0.1) is 12.1 Å². The van der Waals surface area contributed by atoms with E-state index in [4.69, 9.17) is 5.26 Å². The molecule has 1 heterocycles. The van der Waals surface area contributed by atoms with E-state index in [0.717, 1.165) is 0 Å². The average molecular weight is 219 g/mol. The smallest absolute Gasteiger partial charge is 0.318 e. The van der Waals surface area contributed by atoms with Crippen LogP contribution in [0.15, 0.2) is 24.3 Å². The van der Waals surface area contributed by atoms with Crippen LogP contribution in [0.4, 0.5) is 9.18 Å². The van der Waals surface area contributed by atoms with Gasteiger partial charge < -0.3 is 10.2 Å². The van der Waals surface area contributed by atoms with E-state index < -0.39 is 0 Å². The van der Waals surface area contributed by atoms with E-state index in [1.807, 2.05) is 6.07 Å². The van der Waals surface area contributed by atoms with E-state index in [-0.39, 0.29) is 24.4 Å². The predicted molar refractivity (Wildman–Crippen MR) is 54.9 cm³/mol. The Morgan fingerprint density at radius 1 is 1.62 bits per heavy atom. The molecule has 5 heteroatoms. The lowest BCUT2D eigenvalue weighted by Gasteiger charge is -2.10. The summed E-state index contributed by atoms with van der Waals surface area (Å²) in [5, 5.41) is 11.2. The Morgan fingerprint density at radius 2 is 2.44 bits per heavy atom. The van der Waals surface area contributed by atoms with Crippen LogP contribution < -0.4 is 5.32 Å². The Balaban J connectivity index is 2.14. The number of amides is 2. The van der Waals surface area contributed by atoms with Gasteiger partial charge in [0, 0.05) is 6.54 Å². The maximum atomic E-state index is 13.0. The van der Waals surface area contributed by atoms with E-state index in [2.05, 4.69) is 5.32 Å². The highest BCUT2D eigenvalue weighted by Gasteiger charge is 2.29. The van der Waals surface area contributed by atoms with Gasteiger partial charge in [0.2, 0.25) is 0 Å². The quantitative estimate of drug-likeness (QED) is 0.765. The minimum Gasteiger partial charge on any atom is -0.329 e. The van der Waals surface area contributed by atoms with Gasteiger partial charge >= 0.3 is 6.03 Å². The lowest BCUT2D eigenvalue weighted by Crippen LogP contribution is -2.28. The minimum atomic E-state index is -0.328. The lowest BCUT2D eigenvalue weighted by atomic mass is 10.1. The van der Waals surface area contributed by atoms with Crippen molar-refractivity contribution in [3.8, 4) is 6.07 Å². The maximum absolute atomic E-state index is 13.0. The van der Waals surface area contributed by atoms with Crippen molar-refractivity contribution in [3.05, 3.63) is 35.6 Å². The molecule has 0 bridgehead atoms. The van der Waals surface area contributed by atoms with Crippen LogP contribution in [0.1, 0.15) is 11.6 Å². The molecule has 0 saturated carbocycles. The third kappa shape index (κ3) is 1.96. The molecule has 2 amide bonds. The summed E-state index contributed by atoms with van der Waals surface area (Å²) < 4.78 is 13.0. The largest absolute Gasteiger partial charge is 0.329 e. The number of nitriles is 1. The Morgan fingerprint density at radius 3 is 3.12 bits per heavy atom. The first-order valence-electron chi connectivity index (χ1n) is 4.88. The predicted octanol–water partition coefficient (Wildman–Crippen LogP) is 1.42. The molecule has 16 heavy (non-hydrogen) atoms. The van der Waals surface area contributed by atoms with Gasteiger partial charge in [-0.2, -0.15) is 5.26 Å². The molecule has 1 atom stereocenters. The fourth-order valence-electron chi connectivity index (χ4n) is 1.72. The Bertz CT molecular complexity index is 455. The number of benzene rings is 1. The number of nitrogens with one attached hydrogen (secondary N) is 1. The SMILES string of the molecule is N#CCN1CC(c2cccc(F)c2)NC1=O. The summed E-state index contributed by atoms with van der Waals surface area (Å²) in [4.78, 5) is 12.8. The van der Waals surface area contributed by atoms with Gasteiger partial charge in [-0.3, -0.25) is 0 Å². The van der Waals surface area contributed by atoms with Gasteiger partial charge in [0.25, 0.3) is 0 Å². The molecule has 1 saturated heterocycles. The van der Waals surface area contributed by atoms with E-state index in [9.17, 15) is 9.18 Å². The molecule has 0 spiro atoms. The zero-order valence-electron chi connectivity index (χ0n) is 8.48. The van der Waals surface area contributed by atoms with Crippen molar-refractivity contribution >= 4 is 6.03 Å². The standard InChI is InChI=1S/C11H10FN3O/c12-9-3-1-2-8(6-9)10-7-15(5-4-13)11(16)14-10/h1-3,6,10H,5,7H2,(H,14,16). The number of hydrogen-bond acceptors (Lipinski definition) is 2. The van der Waals surface area contributed by atoms with Crippen molar-refractivity contribution < 1.29 is 9.18 Å². The zero-order chi connectivity index (χ0) is 11.5. The fraction of sp³-hybridized carbons (Fsp3) is 0.273. The van der Waals surface area contributed by atoms with Gasteiger partial charge in [-0.05, 0) is 17.7 Å². The van der Waals surface area contributed by atoms with Crippen LogP contribution in [0.5, 0.6) is 0 Å². The fourth-order valence-corrected chi connectivity index (χ4v) is 1.72. The molecule has 0 aliphatic carbocycles. The molecule has 1 N–H and O–H groups in total. The van der Waals surface area contributed by atoms with Crippen LogP contribution in [0.2, 0.25) is 0 Å². The van der Waals surface area contributed by atoms with E-state index in [1.54, 1.807) is 12.1 Å². The minimum absolute atomic E-state index is 0.0532. The number of rotatable bonds is 2. The van der Waals surface area contributed by atoms with E-state index in [0.29, 0.717) is 12.1 Å². The van der Waals surface area contributed by atoms with Gasteiger partial charge in [0.1, 0.15) is 12.4 Å². The topological polar surface area (TPSA) is 56.1 Å². The van der Waals surface area contributed by atoms with E-state index in [1.165, 1.54) is 17.0 Å². The number of hydrogen-bond donors (Lipinski definition) is 1. The van der Waals surface area contributed by atoms with Crippen LogP contribution >= 0.6 is 0 Å². The normalized spacial score (nSPS) is 19.4. The molecule has 1 aromatic carbocycles. The third-order valence-electron chi connectivity index (χ3n) is 2.50. The van der Waals surface area contributed by atoms with Crippen molar-refractivity contribution in [1.82, 2.24) is 10.2 Å². The molecule has 82 valence electrons. The number of urea groups is 1.